The molecule has 0 bridgehead atoms. The molecule has 0 aliphatic carbocycles. The number of anilines is 1. The van der Waals surface area contributed by atoms with Crippen molar-refractivity contribution in [1.29, 1.82) is 0 Å². The second-order valence-electron chi connectivity index (χ2n) is 3.95. The van der Waals surface area contributed by atoms with Crippen molar-refractivity contribution in [1.82, 2.24) is 0 Å². The summed E-state index contributed by atoms with van der Waals surface area (Å²) >= 11 is 3.44. The molecule has 1 rings (SSSR count). The topological polar surface area (TPSA) is 35.2 Å². The minimum absolute atomic E-state index is 0.752. The highest BCUT2D eigenvalue weighted by Crippen LogP contribution is 2.27. The highest BCUT2D eigenvalue weighted by atomic mass is 79.9. The number of hydrogen-bond acceptors (Lipinski definition) is 2. The van der Waals surface area contributed by atoms with Gasteiger partial charge in [-0.15, -0.1) is 0 Å². The third-order valence-corrected chi connectivity index (χ3v) is 3.08. The highest BCUT2D eigenvalue weighted by Gasteiger charge is 2.00. The zero-order chi connectivity index (χ0) is 11.8. The number of benzene rings is 1. The molecule has 0 saturated heterocycles. The Morgan fingerprint density at radius 1 is 1.19 bits per heavy atom. The molecule has 3 heteroatoms. The van der Waals surface area contributed by atoms with Crippen LogP contribution in [-0.2, 0) is 0 Å². The molecule has 0 fully saturated rings. The average molecular weight is 286 g/mol. The van der Waals surface area contributed by atoms with Crippen LogP contribution in [0, 0.1) is 0 Å². The summed E-state index contributed by atoms with van der Waals surface area (Å²) in [5.41, 5.74) is 6.40. The van der Waals surface area contributed by atoms with Gasteiger partial charge in [-0.05, 0) is 40.5 Å². The third-order valence-electron chi connectivity index (χ3n) is 2.46. The van der Waals surface area contributed by atoms with Crippen molar-refractivity contribution in [2.24, 2.45) is 0 Å². The Kier molecular flexibility index (Phi) is 6.31. The van der Waals surface area contributed by atoms with Crippen LogP contribution in [0.25, 0.3) is 0 Å². The molecular formula is C13H20BrNO. The SMILES string of the molecule is CCCCCCCOc1ccc(N)cc1Br. The summed E-state index contributed by atoms with van der Waals surface area (Å²) in [6.45, 7) is 3.01. The Morgan fingerprint density at radius 3 is 2.62 bits per heavy atom. The van der Waals surface area contributed by atoms with Gasteiger partial charge in [-0.3, -0.25) is 0 Å². The molecule has 0 unspecified atom stereocenters. The third kappa shape index (κ3) is 4.88. The van der Waals surface area contributed by atoms with E-state index in [-0.39, 0.29) is 0 Å². The fourth-order valence-electron chi connectivity index (χ4n) is 1.52. The minimum atomic E-state index is 0.752. The van der Waals surface area contributed by atoms with E-state index in [0.29, 0.717) is 0 Å². The van der Waals surface area contributed by atoms with Gasteiger partial charge in [0.2, 0.25) is 0 Å². The highest BCUT2D eigenvalue weighted by molar-refractivity contribution is 9.10. The first-order valence-corrected chi connectivity index (χ1v) is 6.71. The summed E-state index contributed by atoms with van der Waals surface area (Å²) in [4.78, 5) is 0. The van der Waals surface area contributed by atoms with Crippen molar-refractivity contribution in [2.45, 2.75) is 39.0 Å². The van der Waals surface area contributed by atoms with Crippen LogP contribution in [-0.4, -0.2) is 6.61 Å². The fourth-order valence-corrected chi connectivity index (χ4v) is 2.03. The lowest BCUT2D eigenvalue weighted by molar-refractivity contribution is 0.303. The van der Waals surface area contributed by atoms with E-state index in [1.807, 2.05) is 18.2 Å². The molecule has 16 heavy (non-hydrogen) atoms. The van der Waals surface area contributed by atoms with Gasteiger partial charge >= 0.3 is 0 Å². The molecular weight excluding hydrogens is 266 g/mol. The Bertz CT molecular complexity index is 315. The second kappa shape index (κ2) is 7.55. The van der Waals surface area contributed by atoms with Crippen LogP contribution in [0.5, 0.6) is 5.75 Å². The van der Waals surface area contributed by atoms with E-state index in [1.54, 1.807) is 0 Å². The van der Waals surface area contributed by atoms with Gasteiger partial charge in [0.05, 0.1) is 11.1 Å². The largest absolute Gasteiger partial charge is 0.492 e. The van der Waals surface area contributed by atoms with E-state index < -0.39 is 0 Å². The summed E-state index contributed by atoms with van der Waals surface area (Å²) in [6, 6.07) is 5.63. The van der Waals surface area contributed by atoms with Gasteiger partial charge in [0.15, 0.2) is 0 Å². The first kappa shape index (κ1) is 13.4. The lowest BCUT2D eigenvalue weighted by Gasteiger charge is -2.08. The summed E-state index contributed by atoms with van der Waals surface area (Å²) in [7, 11) is 0. The summed E-state index contributed by atoms with van der Waals surface area (Å²) in [5.74, 6) is 0.879. The van der Waals surface area contributed by atoms with Crippen molar-refractivity contribution in [3.8, 4) is 5.75 Å². The second-order valence-corrected chi connectivity index (χ2v) is 4.81. The van der Waals surface area contributed by atoms with Crippen molar-refractivity contribution in [3.05, 3.63) is 22.7 Å². The number of unbranched alkanes of at least 4 members (excludes halogenated alkanes) is 4. The van der Waals surface area contributed by atoms with Crippen LogP contribution in [0.4, 0.5) is 5.69 Å². The quantitative estimate of drug-likeness (QED) is 0.596. The molecule has 0 spiro atoms. The number of halogens is 1. The number of nitrogens with two attached hydrogens (primary N) is 1. The summed E-state index contributed by atoms with van der Waals surface area (Å²) in [6.07, 6.45) is 6.29. The molecule has 0 aliphatic rings. The molecule has 1 aromatic carbocycles. The standard InChI is InChI=1S/C13H20BrNO/c1-2-3-4-5-6-9-16-13-8-7-11(15)10-12(13)14/h7-8,10H,2-6,9,15H2,1H3. The molecule has 0 amide bonds. The Hall–Kier alpha value is -0.700. The maximum absolute atomic E-state index is 5.67. The number of nitrogen functional groups attached to an aromatic ring is 1. The van der Waals surface area contributed by atoms with E-state index >= 15 is 0 Å². The lowest BCUT2D eigenvalue weighted by atomic mass is 10.2. The van der Waals surface area contributed by atoms with Gasteiger partial charge in [0.25, 0.3) is 0 Å². The zero-order valence-corrected chi connectivity index (χ0v) is 11.4. The van der Waals surface area contributed by atoms with E-state index in [2.05, 4.69) is 22.9 Å². The maximum Gasteiger partial charge on any atom is 0.133 e. The summed E-state index contributed by atoms with van der Waals surface area (Å²) < 4.78 is 6.60. The van der Waals surface area contributed by atoms with Crippen molar-refractivity contribution in [2.75, 3.05) is 12.3 Å². The van der Waals surface area contributed by atoms with Gasteiger partial charge in [-0.2, -0.15) is 0 Å². The molecule has 2 N–H and O–H groups in total. The number of ether oxygens (including phenoxy) is 1. The predicted molar refractivity (Wildman–Crippen MR) is 72.8 cm³/mol. The molecule has 0 atom stereocenters. The Balaban J connectivity index is 2.21. The molecule has 1 aromatic rings. The van der Waals surface area contributed by atoms with Crippen LogP contribution < -0.4 is 10.5 Å². The van der Waals surface area contributed by atoms with Crippen LogP contribution >= 0.6 is 15.9 Å². The molecule has 0 saturated carbocycles. The number of rotatable bonds is 7. The molecule has 0 aliphatic heterocycles. The van der Waals surface area contributed by atoms with Crippen LogP contribution in [0.3, 0.4) is 0 Å². The van der Waals surface area contributed by atoms with Crippen molar-refractivity contribution >= 4 is 21.6 Å². The first-order chi connectivity index (χ1) is 7.74. The molecule has 0 heterocycles. The van der Waals surface area contributed by atoms with Crippen LogP contribution in [0.1, 0.15) is 39.0 Å². The molecule has 2 nitrogen and oxygen atoms in total. The van der Waals surface area contributed by atoms with Gasteiger partial charge in [-0.1, -0.05) is 32.6 Å². The Morgan fingerprint density at radius 2 is 1.94 bits per heavy atom. The fraction of sp³-hybridized carbons (Fsp3) is 0.538. The van der Waals surface area contributed by atoms with E-state index in [4.69, 9.17) is 10.5 Å². The number of hydrogen-bond donors (Lipinski definition) is 1. The van der Waals surface area contributed by atoms with Crippen LogP contribution in [0.2, 0.25) is 0 Å². The minimum Gasteiger partial charge on any atom is -0.492 e. The lowest BCUT2D eigenvalue weighted by Crippen LogP contribution is -1.98. The van der Waals surface area contributed by atoms with E-state index in [1.165, 1.54) is 25.7 Å². The molecule has 0 aromatic heterocycles. The van der Waals surface area contributed by atoms with Gasteiger partial charge in [-0.25, -0.2) is 0 Å². The van der Waals surface area contributed by atoms with Crippen LogP contribution in [0.15, 0.2) is 22.7 Å². The molecule has 0 radical (unpaired) electrons. The van der Waals surface area contributed by atoms with Gasteiger partial charge < -0.3 is 10.5 Å². The smallest absolute Gasteiger partial charge is 0.133 e. The van der Waals surface area contributed by atoms with Crippen molar-refractivity contribution < 1.29 is 4.74 Å². The van der Waals surface area contributed by atoms with E-state index in [9.17, 15) is 0 Å². The summed E-state index contributed by atoms with van der Waals surface area (Å²) in [5, 5.41) is 0. The molecule has 90 valence electrons. The Labute approximate surface area is 106 Å². The first-order valence-electron chi connectivity index (χ1n) is 5.92. The average Bonchev–Trinajstić information content (AvgIpc) is 2.26. The predicted octanol–water partition coefficient (Wildman–Crippen LogP) is 4.38. The van der Waals surface area contributed by atoms with E-state index in [0.717, 1.165) is 28.9 Å². The zero-order valence-electron chi connectivity index (χ0n) is 9.84. The normalized spacial score (nSPS) is 10.4. The monoisotopic (exact) mass is 285 g/mol. The van der Waals surface area contributed by atoms with Gasteiger partial charge in [0.1, 0.15) is 5.75 Å². The van der Waals surface area contributed by atoms with Gasteiger partial charge in [0, 0.05) is 5.69 Å². The van der Waals surface area contributed by atoms with Crippen molar-refractivity contribution in [3.63, 3.8) is 0 Å². The maximum atomic E-state index is 5.67.